The quantitative estimate of drug-likeness (QED) is 0.549. The summed E-state index contributed by atoms with van der Waals surface area (Å²) in [5.74, 6) is 1.98. The zero-order valence-electron chi connectivity index (χ0n) is 7.11. The van der Waals surface area contributed by atoms with Crippen LogP contribution in [0.4, 0.5) is 0 Å². The molecule has 2 aliphatic heterocycles. The van der Waals surface area contributed by atoms with Crippen LogP contribution in [-0.2, 0) is 9.47 Å². The zero-order chi connectivity index (χ0) is 7.71. The molecule has 0 N–H and O–H groups in total. The predicted octanol–water partition coefficient (Wildman–Crippen LogP) is 1.34. The number of ether oxygens (including phenoxy) is 2. The minimum Gasteiger partial charge on any atom is -0.370 e. The van der Waals surface area contributed by atoms with Crippen LogP contribution in [0.2, 0.25) is 0 Å². The molecule has 66 valence electrons. The van der Waals surface area contributed by atoms with Gasteiger partial charge in [-0.2, -0.15) is 0 Å². The van der Waals surface area contributed by atoms with Crippen LogP contribution in [0, 0.1) is 11.8 Å². The van der Waals surface area contributed by atoms with E-state index in [9.17, 15) is 0 Å². The van der Waals surface area contributed by atoms with Crippen LogP contribution in [0.5, 0.6) is 0 Å². The van der Waals surface area contributed by atoms with Gasteiger partial charge in [0.05, 0.1) is 24.4 Å². The first kappa shape index (κ1) is 6.39. The highest BCUT2D eigenvalue weighted by Gasteiger charge is 2.55. The Bertz CT molecular complexity index is 184. The van der Waals surface area contributed by atoms with Crippen LogP contribution in [0.1, 0.15) is 25.7 Å². The summed E-state index contributed by atoms with van der Waals surface area (Å²) >= 11 is 0. The summed E-state index contributed by atoms with van der Waals surface area (Å²) in [5, 5.41) is 0. The molecule has 0 aromatic carbocycles. The van der Waals surface area contributed by atoms with Crippen LogP contribution >= 0.6 is 0 Å². The van der Waals surface area contributed by atoms with Crippen molar-refractivity contribution in [2.45, 2.75) is 50.1 Å². The fourth-order valence-corrected chi connectivity index (χ4v) is 3.34. The number of rotatable bonds is 1. The topological polar surface area (TPSA) is 25.1 Å². The smallest absolute Gasteiger partial charge is 0.0844 e. The normalized spacial score (nSPS) is 66.0. The van der Waals surface area contributed by atoms with E-state index >= 15 is 0 Å². The Hall–Kier alpha value is -0.0800. The van der Waals surface area contributed by atoms with E-state index in [1.165, 1.54) is 25.7 Å². The number of fused-ring (bicyclic) bond motifs is 2. The van der Waals surface area contributed by atoms with E-state index in [0.29, 0.717) is 24.4 Å². The van der Waals surface area contributed by atoms with Crippen LogP contribution in [0.3, 0.4) is 0 Å². The molecule has 2 heteroatoms. The Labute approximate surface area is 72.2 Å². The second-order valence-electron chi connectivity index (χ2n) is 4.89. The summed E-state index contributed by atoms with van der Waals surface area (Å²) in [4.78, 5) is 0. The summed E-state index contributed by atoms with van der Waals surface area (Å²) < 4.78 is 10.9. The van der Waals surface area contributed by atoms with Gasteiger partial charge < -0.3 is 9.47 Å². The van der Waals surface area contributed by atoms with Gasteiger partial charge in [-0.3, -0.25) is 0 Å². The van der Waals surface area contributed by atoms with E-state index in [0.717, 1.165) is 11.8 Å². The van der Waals surface area contributed by atoms with Crippen molar-refractivity contribution >= 4 is 0 Å². The maximum absolute atomic E-state index is 5.45. The van der Waals surface area contributed by atoms with Crippen LogP contribution < -0.4 is 0 Å². The van der Waals surface area contributed by atoms with Gasteiger partial charge in [-0.25, -0.2) is 0 Å². The first-order valence-corrected chi connectivity index (χ1v) is 5.21. The third kappa shape index (κ3) is 0.775. The lowest BCUT2D eigenvalue weighted by atomic mass is 9.88. The van der Waals surface area contributed by atoms with Crippen molar-refractivity contribution in [2.24, 2.45) is 11.8 Å². The number of hydrogen-bond donors (Lipinski definition) is 0. The molecule has 2 saturated carbocycles. The van der Waals surface area contributed by atoms with E-state index in [1.54, 1.807) is 0 Å². The maximum atomic E-state index is 5.45. The Kier molecular flexibility index (Phi) is 0.999. The highest BCUT2D eigenvalue weighted by Crippen LogP contribution is 2.53. The second-order valence-corrected chi connectivity index (χ2v) is 4.89. The first-order valence-electron chi connectivity index (χ1n) is 5.21. The minimum atomic E-state index is 0.674. The van der Waals surface area contributed by atoms with E-state index in [2.05, 4.69) is 0 Å². The molecule has 0 amide bonds. The average molecular weight is 166 g/mol. The molecule has 2 heterocycles. The lowest BCUT2D eigenvalue weighted by Gasteiger charge is -2.20. The monoisotopic (exact) mass is 166 g/mol. The van der Waals surface area contributed by atoms with Gasteiger partial charge in [0.1, 0.15) is 0 Å². The van der Waals surface area contributed by atoms with Crippen molar-refractivity contribution in [1.82, 2.24) is 0 Å². The molecule has 4 fully saturated rings. The Balaban J connectivity index is 1.46. The van der Waals surface area contributed by atoms with Gasteiger partial charge >= 0.3 is 0 Å². The summed E-state index contributed by atoms with van der Waals surface area (Å²) in [6, 6.07) is 0. The molecular weight excluding hydrogens is 152 g/mol. The standard InChI is InChI=1S/C10H14O2/c1-5(2-8-7(1)11-8)6-3-9-10(4-6)12-9/h5-10H,1-4H2. The molecule has 4 unspecified atom stereocenters. The summed E-state index contributed by atoms with van der Waals surface area (Å²) in [6.45, 7) is 0. The molecule has 0 radical (unpaired) electrons. The third-order valence-corrected chi connectivity index (χ3v) is 4.18. The molecule has 12 heavy (non-hydrogen) atoms. The fourth-order valence-electron chi connectivity index (χ4n) is 3.34. The molecule has 2 saturated heterocycles. The molecule has 2 nitrogen and oxygen atoms in total. The summed E-state index contributed by atoms with van der Waals surface area (Å²) in [6.07, 6.45) is 8.12. The Morgan fingerprint density at radius 1 is 0.583 bits per heavy atom. The largest absolute Gasteiger partial charge is 0.370 e. The predicted molar refractivity (Wildman–Crippen MR) is 42.8 cm³/mol. The van der Waals surface area contributed by atoms with Crippen molar-refractivity contribution in [3.63, 3.8) is 0 Å². The molecule has 0 aromatic heterocycles. The molecule has 4 aliphatic rings. The van der Waals surface area contributed by atoms with Gasteiger partial charge in [0.2, 0.25) is 0 Å². The lowest BCUT2D eigenvalue weighted by molar-refractivity contribution is 0.176. The van der Waals surface area contributed by atoms with Crippen molar-refractivity contribution in [3.8, 4) is 0 Å². The first-order chi connectivity index (χ1) is 5.90. The van der Waals surface area contributed by atoms with Crippen LogP contribution in [-0.4, -0.2) is 24.4 Å². The third-order valence-electron chi connectivity index (χ3n) is 4.18. The van der Waals surface area contributed by atoms with E-state index in [1.807, 2.05) is 0 Å². The second kappa shape index (κ2) is 1.88. The zero-order valence-corrected chi connectivity index (χ0v) is 7.11. The molecule has 0 bridgehead atoms. The lowest BCUT2D eigenvalue weighted by Crippen LogP contribution is -2.13. The van der Waals surface area contributed by atoms with Gasteiger partial charge in [-0.1, -0.05) is 0 Å². The van der Waals surface area contributed by atoms with Crippen LogP contribution in [0.15, 0.2) is 0 Å². The highest BCUT2D eigenvalue weighted by molar-refractivity contribution is 5.03. The number of epoxide rings is 2. The van der Waals surface area contributed by atoms with Crippen molar-refractivity contribution < 1.29 is 9.47 Å². The fraction of sp³-hybridized carbons (Fsp3) is 1.00. The molecule has 4 atom stereocenters. The van der Waals surface area contributed by atoms with Gasteiger partial charge in [-0.05, 0) is 37.5 Å². The Morgan fingerprint density at radius 2 is 0.917 bits per heavy atom. The maximum Gasteiger partial charge on any atom is 0.0844 e. The van der Waals surface area contributed by atoms with Gasteiger partial charge in [0.25, 0.3) is 0 Å². The van der Waals surface area contributed by atoms with E-state index in [4.69, 9.17) is 9.47 Å². The van der Waals surface area contributed by atoms with E-state index in [-0.39, 0.29) is 0 Å². The molecule has 4 rings (SSSR count). The Morgan fingerprint density at radius 3 is 1.25 bits per heavy atom. The van der Waals surface area contributed by atoms with Crippen molar-refractivity contribution in [2.75, 3.05) is 0 Å². The summed E-state index contributed by atoms with van der Waals surface area (Å²) in [5.41, 5.74) is 0. The van der Waals surface area contributed by atoms with Crippen molar-refractivity contribution in [3.05, 3.63) is 0 Å². The molecule has 0 aromatic rings. The van der Waals surface area contributed by atoms with Gasteiger partial charge in [-0.15, -0.1) is 0 Å². The number of hydrogen-bond acceptors (Lipinski definition) is 2. The van der Waals surface area contributed by atoms with Gasteiger partial charge in [0.15, 0.2) is 0 Å². The SMILES string of the molecule is C1C(C2CC3OC3C2)CC2OC12. The highest BCUT2D eigenvalue weighted by atomic mass is 16.6. The minimum absolute atomic E-state index is 0.674. The molecule has 0 spiro atoms. The average Bonchev–Trinajstić information content (AvgIpc) is 2.92. The summed E-state index contributed by atoms with van der Waals surface area (Å²) in [7, 11) is 0. The van der Waals surface area contributed by atoms with Crippen LogP contribution in [0.25, 0.3) is 0 Å². The van der Waals surface area contributed by atoms with Gasteiger partial charge in [0, 0.05) is 0 Å². The molecule has 2 aliphatic carbocycles. The van der Waals surface area contributed by atoms with E-state index < -0.39 is 0 Å². The molecular formula is C10H14O2. The van der Waals surface area contributed by atoms with Crippen molar-refractivity contribution in [1.29, 1.82) is 0 Å².